The van der Waals surface area contributed by atoms with Gasteiger partial charge in [-0.25, -0.2) is 0 Å². The molecule has 0 saturated heterocycles. The number of hydrogen-bond donors (Lipinski definition) is 1. The normalized spacial score (nSPS) is 10.8. The molecule has 2 aromatic rings. The summed E-state index contributed by atoms with van der Waals surface area (Å²) in [6.07, 6.45) is 0.405. The Bertz CT molecular complexity index is 545. The first kappa shape index (κ1) is 12.3. The fourth-order valence-electron chi connectivity index (χ4n) is 1.65. The van der Waals surface area contributed by atoms with Gasteiger partial charge in [-0.15, -0.1) is 5.10 Å². The lowest BCUT2D eigenvalue weighted by atomic mass is 10.1. The molecule has 0 atom stereocenters. The van der Waals surface area contributed by atoms with E-state index in [1.165, 1.54) is 4.68 Å². The molecule has 0 radical (unpaired) electrons. The van der Waals surface area contributed by atoms with Crippen LogP contribution in [0.2, 0.25) is 0 Å². The van der Waals surface area contributed by atoms with Crippen molar-refractivity contribution in [3.63, 3.8) is 0 Å². The summed E-state index contributed by atoms with van der Waals surface area (Å²) >= 11 is 0. The molecule has 18 heavy (non-hydrogen) atoms. The van der Waals surface area contributed by atoms with Crippen LogP contribution >= 0.6 is 0 Å². The Kier molecular flexibility index (Phi) is 3.41. The summed E-state index contributed by atoms with van der Waals surface area (Å²) < 4.78 is 1.18. The molecule has 0 saturated carbocycles. The molecule has 1 aromatic heterocycles. The number of nitrogens with two attached hydrogens (primary N) is 1. The SMILES string of the molecule is CC(C)CC(=O)n1nc(-c2ccccc2)nc1N. The molecule has 0 aliphatic heterocycles. The van der Waals surface area contributed by atoms with Crippen LogP contribution in [0.3, 0.4) is 0 Å². The summed E-state index contributed by atoms with van der Waals surface area (Å²) in [5.41, 5.74) is 6.57. The van der Waals surface area contributed by atoms with E-state index in [0.29, 0.717) is 12.2 Å². The third-order valence-corrected chi connectivity index (χ3v) is 2.48. The molecule has 5 heteroatoms. The van der Waals surface area contributed by atoms with E-state index in [9.17, 15) is 4.79 Å². The fraction of sp³-hybridized carbons (Fsp3) is 0.308. The molecule has 0 unspecified atom stereocenters. The van der Waals surface area contributed by atoms with Gasteiger partial charge in [-0.2, -0.15) is 9.67 Å². The van der Waals surface area contributed by atoms with Gasteiger partial charge in [0.1, 0.15) is 0 Å². The highest BCUT2D eigenvalue weighted by atomic mass is 16.2. The van der Waals surface area contributed by atoms with E-state index in [2.05, 4.69) is 10.1 Å². The molecule has 1 aromatic carbocycles. The summed E-state index contributed by atoms with van der Waals surface area (Å²) in [4.78, 5) is 16.0. The third kappa shape index (κ3) is 2.56. The van der Waals surface area contributed by atoms with Gasteiger partial charge in [0.2, 0.25) is 11.9 Å². The summed E-state index contributed by atoms with van der Waals surface area (Å²) in [6.45, 7) is 3.95. The second-order valence-electron chi connectivity index (χ2n) is 4.56. The molecular formula is C13H16N4O. The van der Waals surface area contributed by atoms with Crippen LogP contribution < -0.4 is 5.73 Å². The van der Waals surface area contributed by atoms with Gasteiger partial charge in [-0.05, 0) is 5.92 Å². The Labute approximate surface area is 106 Å². The average Bonchev–Trinajstić information content (AvgIpc) is 2.72. The topological polar surface area (TPSA) is 73.8 Å². The Morgan fingerprint density at radius 1 is 1.33 bits per heavy atom. The van der Waals surface area contributed by atoms with Crippen molar-refractivity contribution in [3.05, 3.63) is 30.3 Å². The highest BCUT2D eigenvalue weighted by molar-refractivity contribution is 5.81. The van der Waals surface area contributed by atoms with E-state index in [0.717, 1.165) is 5.56 Å². The number of carbonyl (C=O) groups excluding carboxylic acids is 1. The van der Waals surface area contributed by atoms with Gasteiger partial charge in [0, 0.05) is 12.0 Å². The Morgan fingerprint density at radius 3 is 2.61 bits per heavy atom. The molecule has 0 fully saturated rings. The van der Waals surface area contributed by atoms with Crippen LogP contribution in [0.15, 0.2) is 30.3 Å². The van der Waals surface area contributed by atoms with Crippen molar-refractivity contribution >= 4 is 11.9 Å². The van der Waals surface area contributed by atoms with Gasteiger partial charge in [-0.1, -0.05) is 44.2 Å². The first-order valence-corrected chi connectivity index (χ1v) is 5.89. The number of hydrogen-bond acceptors (Lipinski definition) is 4. The number of carbonyl (C=O) groups is 1. The third-order valence-electron chi connectivity index (χ3n) is 2.48. The van der Waals surface area contributed by atoms with Gasteiger partial charge >= 0.3 is 0 Å². The zero-order chi connectivity index (χ0) is 13.1. The molecule has 0 aliphatic carbocycles. The minimum atomic E-state index is -0.128. The second kappa shape index (κ2) is 5.00. The number of rotatable bonds is 3. The lowest BCUT2D eigenvalue weighted by Gasteiger charge is -2.03. The smallest absolute Gasteiger partial charge is 0.250 e. The van der Waals surface area contributed by atoms with Crippen molar-refractivity contribution < 1.29 is 4.79 Å². The Balaban J connectivity index is 2.30. The first-order valence-electron chi connectivity index (χ1n) is 5.89. The summed E-state index contributed by atoms with van der Waals surface area (Å²) in [5, 5.41) is 4.16. The quantitative estimate of drug-likeness (QED) is 0.898. The van der Waals surface area contributed by atoms with Crippen molar-refractivity contribution in [3.8, 4) is 11.4 Å². The van der Waals surface area contributed by atoms with Gasteiger partial charge in [0.15, 0.2) is 5.82 Å². The molecular weight excluding hydrogens is 228 g/mol. The predicted octanol–water partition coefficient (Wildman–Crippen LogP) is 2.21. The van der Waals surface area contributed by atoms with E-state index in [1.54, 1.807) is 0 Å². The molecule has 0 bridgehead atoms. The lowest BCUT2D eigenvalue weighted by molar-refractivity contribution is 0.0873. The molecule has 0 amide bonds. The van der Waals surface area contributed by atoms with Crippen LogP contribution in [0.1, 0.15) is 25.1 Å². The Morgan fingerprint density at radius 2 is 2.00 bits per heavy atom. The van der Waals surface area contributed by atoms with E-state index >= 15 is 0 Å². The fourth-order valence-corrected chi connectivity index (χ4v) is 1.65. The zero-order valence-corrected chi connectivity index (χ0v) is 10.5. The molecule has 0 spiro atoms. The van der Waals surface area contributed by atoms with E-state index in [-0.39, 0.29) is 17.8 Å². The van der Waals surface area contributed by atoms with Gasteiger partial charge in [-0.3, -0.25) is 4.79 Å². The van der Waals surface area contributed by atoms with Crippen LogP contribution in [0.4, 0.5) is 5.95 Å². The van der Waals surface area contributed by atoms with Crippen LogP contribution in [0, 0.1) is 5.92 Å². The van der Waals surface area contributed by atoms with E-state index in [1.807, 2.05) is 44.2 Å². The minimum Gasteiger partial charge on any atom is -0.368 e. The van der Waals surface area contributed by atoms with Crippen LogP contribution in [-0.4, -0.2) is 20.7 Å². The van der Waals surface area contributed by atoms with E-state index < -0.39 is 0 Å². The maximum Gasteiger partial charge on any atom is 0.250 e. The standard InChI is InChI=1S/C13H16N4O/c1-9(2)8-11(18)17-13(14)15-12(16-17)10-6-4-3-5-7-10/h3-7,9H,8H2,1-2H3,(H2,14,15,16). The zero-order valence-electron chi connectivity index (χ0n) is 10.5. The number of nitrogen functional groups attached to an aromatic ring is 1. The summed E-state index contributed by atoms with van der Waals surface area (Å²) in [6, 6.07) is 9.45. The maximum atomic E-state index is 11.9. The van der Waals surface area contributed by atoms with Crippen molar-refractivity contribution in [2.24, 2.45) is 5.92 Å². The minimum absolute atomic E-state index is 0.128. The van der Waals surface area contributed by atoms with Crippen LogP contribution in [-0.2, 0) is 0 Å². The molecule has 1 heterocycles. The number of aromatic nitrogens is 3. The highest BCUT2D eigenvalue weighted by Crippen LogP contribution is 2.16. The second-order valence-corrected chi connectivity index (χ2v) is 4.56. The van der Waals surface area contributed by atoms with Gasteiger partial charge in [0.25, 0.3) is 0 Å². The predicted molar refractivity (Wildman–Crippen MR) is 70.0 cm³/mol. The number of nitrogens with zero attached hydrogens (tertiary/aromatic N) is 3. The highest BCUT2D eigenvalue weighted by Gasteiger charge is 2.15. The van der Waals surface area contributed by atoms with Crippen molar-refractivity contribution in [2.75, 3.05) is 5.73 Å². The summed E-state index contributed by atoms with van der Waals surface area (Å²) in [7, 11) is 0. The van der Waals surface area contributed by atoms with Crippen molar-refractivity contribution in [1.29, 1.82) is 0 Å². The van der Waals surface area contributed by atoms with E-state index in [4.69, 9.17) is 5.73 Å². The van der Waals surface area contributed by atoms with Gasteiger partial charge in [0.05, 0.1) is 0 Å². The number of benzene rings is 1. The van der Waals surface area contributed by atoms with Gasteiger partial charge < -0.3 is 5.73 Å². The molecule has 5 nitrogen and oxygen atoms in total. The maximum absolute atomic E-state index is 11.9. The molecule has 2 rings (SSSR count). The summed E-state index contributed by atoms with van der Waals surface area (Å²) in [5.74, 6) is 0.753. The van der Waals surface area contributed by atoms with Crippen molar-refractivity contribution in [1.82, 2.24) is 14.8 Å². The lowest BCUT2D eigenvalue weighted by Crippen LogP contribution is -2.17. The largest absolute Gasteiger partial charge is 0.368 e. The molecule has 2 N–H and O–H groups in total. The average molecular weight is 244 g/mol. The molecule has 0 aliphatic rings. The Hall–Kier alpha value is -2.17. The van der Waals surface area contributed by atoms with Crippen LogP contribution in [0.5, 0.6) is 0 Å². The van der Waals surface area contributed by atoms with Crippen molar-refractivity contribution in [2.45, 2.75) is 20.3 Å². The monoisotopic (exact) mass is 244 g/mol. The molecule has 94 valence electrons. The number of anilines is 1. The van der Waals surface area contributed by atoms with Crippen LogP contribution in [0.25, 0.3) is 11.4 Å². The first-order chi connectivity index (χ1) is 8.58.